The molecule has 1 aromatic carbocycles. The Morgan fingerprint density at radius 2 is 2.00 bits per heavy atom. The molecule has 148 valence electrons. The standard InChI is InChI=1S/C25H36O2/c1-3-6-16-13-17-14-19(26)8-9-20(17)21-10-12-24(2)22(23(16)21)15-18-7-4-5-11-25(18,24)27/h8-9,14,16,18,21-23,26-27H,3-7,10-13,15H2,1-2H3/t16-,18-,21-,22+,23-,24+,25-/m1/s1. The first-order chi connectivity index (χ1) is 13.0. The van der Waals surface area contributed by atoms with Gasteiger partial charge in [0.2, 0.25) is 0 Å². The van der Waals surface area contributed by atoms with Gasteiger partial charge in [0.05, 0.1) is 5.60 Å². The summed E-state index contributed by atoms with van der Waals surface area (Å²) < 4.78 is 0. The van der Waals surface area contributed by atoms with E-state index in [2.05, 4.69) is 19.9 Å². The van der Waals surface area contributed by atoms with Gasteiger partial charge >= 0.3 is 0 Å². The van der Waals surface area contributed by atoms with Crippen molar-refractivity contribution in [3.05, 3.63) is 29.3 Å². The Hall–Kier alpha value is -1.02. The molecule has 2 nitrogen and oxygen atoms in total. The topological polar surface area (TPSA) is 40.5 Å². The summed E-state index contributed by atoms with van der Waals surface area (Å²) in [4.78, 5) is 0. The van der Waals surface area contributed by atoms with E-state index in [1.54, 1.807) is 0 Å². The lowest BCUT2D eigenvalue weighted by molar-refractivity contribution is -0.140. The fourth-order valence-corrected chi connectivity index (χ4v) is 8.33. The third-order valence-corrected chi connectivity index (χ3v) is 9.50. The number of benzene rings is 1. The summed E-state index contributed by atoms with van der Waals surface area (Å²) in [5, 5.41) is 21.9. The largest absolute Gasteiger partial charge is 0.508 e. The molecule has 2 heteroatoms. The van der Waals surface area contributed by atoms with Crippen molar-refractivity contribution < 1.29 is 10.2 Å². The van der Waals surface area contributed by atoms with Crippen molar-refractivity contribution in [2.24, 2.45) is 29.1 Å². The predicted molar refractivity (Wildman–Crippen MR) is 109 cm³/mol. The van der Waals surface area contributed by atoms with Gasteiger partial charge in [0, 0.05) is 0 Å². The Morgan fingerprint density at radius 1 is 1.15 bits per heavy atom. The fourth-order valence-electron chi connectivity index (χ4n) is 8.33. The molecule has 0 aromatic heterocycles. The normalized spacial score (nSPS) is 45.5. The number of phenols is 1. The van der Waals surface area contributed by atoms with Crippen molar-refractivity contribution in [1.29, 1.82) is 0 Å². The number of fused-ring (bicyclic) bond motifs is 7. The molecule has 1 aromatic rings. The molecule has 7 atom stereocenters. The molecular weight excluding hydrogens is 332 g/mol. The maximum atomic E-state index is 11.9. The van der Waals surface area contributed by atoms with Crippen molar-refractivity contribution in [3.63, 3.8) is 0 Å². The minimum absolute atomic E-state index is 0.111. The third-order valence-electron chi connectivity index (χ3n) is 9.50. The summed E-state index contributed by atoms with van der Waals surface area (Å²) in [7, 11) is 0. The molecular formula is C25H36O2. The quantitative estimate of drug-likeness (QED) is 0.692. The first-order valence-electron chi connectivity index (χ1n) is 11.5. The van der Waals surface area contributed by atoms with Crippen molar-refractivity contribution in [2.75, 3.05) is 0 Å². The molecule has 0 spiro atoms. The van der Waals surface area contributed by atoms with Crippen LogP contribution in [0, 0.1) is 29.1 Å². The zero-order chi connectivity index (χ0) is 18.8. The van der Waals surface area contributed by atoms with E-state index in [9.17, 15) is 10.2 Å². The van der Waals surface area contributed by atoms with E-state index < -0.39 is 5.60 Å². The number of phenolic OH excluding ortho intramolecular Hbond substituents is 1. The average molecular weight is 369 g/mol. The second-order valence-electron chi connectivity index (χ2n) is 10.5. The lowest BCUT2D eigenvalue weighted by Crippen LogP contribution is -2.54. The average Bonchev–Trinajstić information content (AvgIpc) is 2.89. The number of aliphatic hydroxyl groups is 1. The fraction of sp³-hybridized carbons (Fsp3) is 0.760. The monoisotopic (exact) mass is 368 g/mol. The smallest absolute Gasteiger partial charge is 0.115 e. The number of rotatable bonds is 2. The maximum Gasteiger partial charge on any atom is 0.115 e. The van der Waals surface area contributed by atoms with E-state index in [4.69, 9.17) is 0 Å². The van der Waals surface area contributed by atoms with Crippen LogP contribution in [0.2, 0.25) is 0 Å². The zero-order valence-corrected chi connectivity index (χ0v) is 17.1. The summed E-state index contributed by atoms with van der Waals surface area (Å²) in [6.07, 6.45) is 12.1. The van der Waals surface area contributed by atoms with Crippen LogP contribution in [0.5, 0.6) is 5.75 Å². The van der Waals surface area contributed by atoms with Gasteiger partial charge in [-0.25, -0.2) is 0 Å². The van der Waals surface area contributed by atoms with Crippen molar-refractivity contribution >= 4 is 0 Å². The van der Waals surface area contributed by atoms with Gasteiger partial charge in [0.15, 0.2) is 0 Å². The molecule has 0 bridgehead atoms. The van der Waals surface area contributed by atoms with Crippen LogP contribution in [0.4, 0.5) is 0 Å². The first kappa shape index (κ1) is 18.0. The molecule has 3 fully saturated rings. The molecule has 27 heavy (non-hydrogen) atoms. The molecule has 0 radical (unpaired) electrons. The molecule has 0 saturated heterocycles. The highest BCUT2D eigenvalue weighted by molar-refractivity contribution is 5.41. The predicted octanol–water partition coefficient (Wildman–Crippen LogP) is 5.81. The summed E-state index contributed by atoms with van der Waals surface area (Å²) in [6.45, 7) is 4.77. The van der Waals surface area contributed by atoms with Crippen LogP contribution < -0.4 is 0 Å². The highest BCUT2D eigenvalue weighted by Crippen LogP contribution is 2.69. The highest BCUT2D eigenvalue weighted by atomic mass is 16.3. The van der Waals surface area contributed by atoms with Crippen molar-refractivity contribution in [2.45, 2.75) is 89.6 Å². The molecule has 0 unspecified atom stereocenters. The van der Waals surface area contributed by atoms with Gasteiger partial charge in [0.25, 0.3) is 0 Å². The Balaban J connectivity index is 1.57. The van der Waals surface area contributed by atoms with E-state index in [-0.39, 0.29) is 5.41 Å². The molecule has 0 aliphatic heterocycles. The molecule has 5 rings (SSSR count). The maximum absolute atomic E-state index is 11.9. The van der Waals surface area contributed by atoms with Gasteiger partial charge in [-0.15, -0.1) is 0 Å². The second-order valence-corrected chi connectivity index (χ2v) is 10.5. The first-order valence-corrected chi connectivity index (χ1v) is 11.5. The van der Waals surface area contributed by atoms with Gasteiger partial charge in [-0.05, 0) is 96.8 Å². The number of aromatic hydroxyl groups is 1. The van der Waals surface area contributed by atoms with E-state index in [0.29, 0.717) is 29.4 Å². The van der Waals surface area contributed by atoms with E-state index >= 15 is 0 Å². The minimum Gasteiger partial charge on any atom is -0.508 e. The summed E-state index contributed by atoms with van der Waals surface area (Å²) in [6, 6.07) is 6.14. The van der Waals surface area contributed by atoms with Gasteiger partial charge in [-0.2, -0.15) is 0 Å². The van der Waals surface area contributed by atoms with Crippen molar-refractivity contribution in [1.82, 2.24) is 0 Å². The Morgan fingerprint density at radius 3 is 2.81 bits per heavy atom. The Labute approximate surface area is 164 Å². The van der Waals surface area contributed by atoms with Gasteiger partial charge in [-0.1, -0.05) is 45.6 Å². The number of hydrogen-bond donors (Lipinski definition) is 2. The highest BCUT2D eigenvalue weighted by Gasteiger charge is 2.66. The number of hydrogen-bond acceptors (Lipinski definition) is 2. The molecule has 2 N–H and O–H groups in total. The van der Waals surface area contributed by atoms with Crippen molar-refractivity contribution in [3.8, 4) is 5.75 Å². The third kappa shape index (κ3) is 2.41. The van der Waals surface area contributed by atoms with Crippen LogP contribution in [0.1, 0.15) is 88.7 Å². The summed E-state index contributed by atoms with van der Waals surface area (Å²) in [5.41, 5.74) is 2.61. The van der Waals surface area contributed by atoms with Gasteiger partial charge in [0.1, 0.15) is 5.75 Å². The van der Waals surface area contributed by atoms with Crippen LogP contribution >= 0.6 is 0 Å². The second kappa shape index (κ2) is 6.24. The minimum atomic E-state index is -0.410. The van der Waals surface area contributed by atoms with Crippen LogP contribution in [0.15, 0.2) is 18.2 Å². The molecule has 4 aliphatic rings. The lowest BCUT2D eigenvalue weighted by atomic mass is 9.50. The summed E-state index contributed by atoms with van der Waals surface area (Å²) >= 11 is 0. The molecule has 3 saturated carbocycles. The summed E-state index contributed by atoms with van der Waals surface area (Å²) in [5.74, 6) is 3.68. The van der Waals surface area contributed by atoms with Crippen LogP contribution in [-0.2, 0) is 6.42 Å². The van der Waals surface area contributed by atoms with E-state index in [1.165, 1.54) is 62.5 Å². The van der Waals surface area contributed by atoms with Gasteiger partial charge in [-0.3, -0.25) is 0 Å². The molecule has 0 heterocycles. The Bertz CT molecular complexity index is 727. The SMILES string of the molecule is CCC[C@@H]1Cc2cc(O)ccc2[C@H]2CC[C@@]3(C)[C@@H](C[C@H]4CCCC[C@@]43O)[C@H]12. The lowest BCUT2D eigenvalue weighted by Gasteiger charge is -2.56. The van der Waals surface area contributed by atoms with Crippen LogP contribution in [-0.4, -0.2) is 15.8 Å². The van der Waals surface area contributed by atoms with E-state index in [0.717, 1.165) is 18.8 Å². The van der Waals surface area contributed by atoms with Gasteiger partial charge < -0.3 is 10.2 Å². The molecule has 0 amide bonds. The van der Waals surface area contributed by atoms with Crippen LogP contribution in [0.25, 0.3) is 0 Å². The molecule has 4 aliphatic carbocycles. The van der Waals surface area contributed by atoms with Crippen LogP contribution in [0.3, 0.4) is 0 Å². The zero-order valence-electron chi connectivity index (χ0n) is 17.1. The Kier molecular flexibility index (Phi) is 4.17. The van der Waals surface area contributed by atoms with E-state index in [1.807, 2.05) is 12.1 Å².